The Labute approximate surface area is 137 Å². The predicted octanol–water partition coefficient (Wildman–Crippen LogP) is 2.57. The van der Waals surface area contributed by atoms with Crippen LogP contribution >= 0.6 is 0 Å². The van der Waals surface area contributed by atoms with Crippen LogP contribution in [0.4, 0.5) is 4.39 Å². The van der Waals surface area contributed by atoms with Gasteiger partial charge in [0.25, 0.3) is 11.7 Å². The van der Waals surface area contributed by atoms with Crippen LogP contribution in [0.2, 0.25) is 0 Å². The molecule has 2 aromatic heterocycles. The molecule has 0 aliphatic rings. The van der Waals surface area contributed by atoms with Crippen LogP contribution in [0.1, 0.15) is 23.3 Å². The monoisotopic (exact) mass is 329 g/mol. The number of carbonyl (C=O) groups excluding carboxylic acids is 2. The third-order valence-electron chi connectivity index (χ3n) is 3.72. The van der Waals surface area contributed by atoms with E-state index in [0.717, 1.165) is 0 Å². The number of fused-ring (bicyclic) bond motifs is 1. The van der Waals surface area contributed by atoms with Crippen molar-refractivity contribution in [2.45, 2.75) is 13.3 Å². The Balaban J connectivity index is 1.68. The molecule has 0 fully saturated rings. The Morgan fingerprint density at radius 3 is 2.88 bits per heavy atom. The summed E-state index contributed by atoms with van der Waals surface area (Å²) in [6.45, 7) is 2.51. The molecule has 3 rings (SSSR count). The average Bonchev–Trinajstić information content (AvgIpc) is 3.23. The Bertz CT molecular complexity index is 870. The largest absolute Gasteiger partial charge is 0.461 e. The lowest BCUT2D eigenvalue weighted by Gasteiger charge is -2.18. The zero-order valence-electron chi connectivity index (χ0n) is 13.1. The summed E-state index contributed by atoms with van der Waals surface area (Å²) < 4.78 is 18.2. The van der Waals surface area contributed by atoms with Crippen molar-refractivity contribution in [2.24, 2.45) is 0 Å². The molecule has 1 aromatic carbocycles. The second kappa shape index (κ2) is 6.66. The summed E-state index contributed by atoms with van der Waals surface area (Å²) in [5.41, 5.74) is 1.26. The predicted molar refractivity (Wildman–Crippen MR) is 85.0 cm³/mol. The first-order valence-corrected chi connectivity index (χ1v) is 7.59. The van der Waals surface area contributed by atoms with Crippen molar-refractivity contribution >= 4 is 22.7 Å². The quantitative estimate of drug-likeness (QED) is 0.557. The highest BCUT2D eigenvalue weighted by molar-refractivity contribution is 6.41. The SMILES string of the molecule is CCN(CCc1nc2ccc(F)cc2[nH]1)C(=O)C(=O)c1ccco1. The first-order valence-electron chi connectivity index (χ1n) is 7.59. The molecular weight excluding hydrogens is 313 g/mol. The molecule has 0 bridgehead atoms. The van der Waals surface area contributed by atoms with Gasteiger partial charge in [-0.1, -0.05) is 0 Å². The van der Waals surface area contributed by atoms with Gasteiger partial charge in [-0.3, -0.25) is 9.59 Å². The lowest BCUT2D eigenvalue weighted by Crippen LogP contribution is -2.37. The molecule has 0 radical (unpaired) electrons. The van der Waals surface area contributed by atoms with E-state index < -0.39 is 11.7 Å². The Morgan fingerprint density at radius 2 is 2.17 bits per heavy atom. The Morgan fingerprint density at radius 1 is 1.33 bits per heavy atom. The lowest BCUT2D eigenvalue weighted by molar-refractivity contribution is -0.126. The first kappa shape index (κ1) is 15.9. The Kier molecular flexibility index (Phi) is 4.41. The molecule has 7 heteroatoms. The third kappa shape index (κ3) is 3.19. The van der Waals surface area contributed by atoms with E-state index in [4.69, 9.17) is 4.42 Å². The zero-order chi connectivity index (χ0) is 17.1. The van der Waals surface area contributed by atoms with Crippen LogP contribution in [0.5, 0.6) is 0 Å². The summed E-state index contributed by atoms with van der Waals surface area (Å²) in [7, 11) is 0. The number of aromatic nitrogens is 2. The molecular formula is C17H16FN3O3. The number of rotatable bonds is 6. The van der Waals surface area contributed by atoms with Gasteiger partial charge >= 0.3 is 0 Å². The minimum absolute atomic E-state index is 0.0256. The molecule has 1 N–H and O–H groups in total. The maximum Gasteiger partial charge on any atom is 0.298 e. The summed E-state index contributed by atoms with van der Waals surface area (Å²) in [6, 6.07) is 7.33. The highest BCUT2D eigenvalue weighted by atomic mass is 19.1. The average molecular weight is 329 g/mol. The fraction of sp³-hybridized carbons (Fsp3) is 0.235. The van der Waals surface area contributed by atoms with E-state index in [1.807, 2.05) is 0 Å². The number of hydrogen-bond acceptors (Lipinski definition) is 4. The number of furan rings is 1. The molecule has 1 amide bonds. The number of nitrogens with zero attached hydrogens (tertiary/aromatic N) is 2. The van der Waals surface area contributed by atoms with E-state index in [0.29, 0.717) is 36.4 Å². The number of amides is 1. The summed E-state index contributed by atoms with van der Waals surface area (Å²) in [6.07, 6.45) is 1.78. The van der Waals surface area contributed by atoms with Crippen molar-refractivity contribution in [1.82, 2.24) is 14.9 Å². The maximum atomic E-state index is 13.2. The van der Waals surface area contributed by atoms with Crippen LogP contribution in [0.3, 0.4) is 0 Å². The van der Waals surface area contributed by atoms with Gasteiger partial charge in [0.2, 0.25) is 0 Å². The minimum Gasteiger partial charge on any atom is -0.461 e. The van der Waals surface area contributed by atoms with Crippen molar-refractivity contribution in [3.63, 3.8) is 0 Å². The van der Waals surface area contributed by atoms with Gasteiger partial charge < -0.3 is 14.3 Å². The van der Waals surface area contributed by atoms with Crippen LogP contribution in [-0.4, -0.2) is 39.6 Å². The fourth-order valence-corrected chi connectivity index (χ4v) is 2.45. The van der Waals surface area contributed by atoms with Gasteiger partial charge in [0.05, 0.1) is 17.3 Å². The fourth-order valence-electron chi connectivity index (χ4n) is 2.45. The number of ketones is 1. The lowest BCUT2D eigenvalue weighted by atomic mass is 10.2. The highest BCUT2D eigenvalue weighted by Crippen LogP contribution is 2.13. The number of carbonyl (C=O) groups is 2. The summed E-state index contributed by atoms with van der Waals surface area (Å²) >= 11 is 0. The van der Waals surface area contributed by atoms with Crippen molar-refractivity contribution in [1.29, 1.82) is 0 Å². The second-order valence-electron chi connectivity index (χ2n) is 5.29. The third-order valence-corrected chi connectivity index (χ3v) is 3.72. The van der Waals surface area contributed by atoms with Crippen LogP contribution in [0.15, 0.2) is 41.0 Å². The van der Waals surface area contributed by atoms with Gasteiger partial charge in [0.15, 0.2) is 5.76 Å². The molecule has 6 nitrogen and oxygen atoms in total. The smallest absolute Gasteiger partial charge is 0.298 e. The molecule has 0 spiro atoms. The number of imidazole rings is 1. The van der Waals surface area contributed by atoms with Crippen molar-refractivity contribution < 1.29 is 18.4 Å². The zero-order valence-corrected chi connectivity index (χ0v) is 13.1. The van der Waals surface area contributed by atoms with Gasteiger partial charge in [-0.2, -0.15) is 0 Å². The topological polar surface area (TPSA) is 79.2 Å². The summed E-state index contributed by atoms with van der Waals surface area (Å²) in [5.74, 6) is -0.972. The number of nitrogens with one attached hydrogen (secondary N) is 1. The molecule has 0 saturated carbocycles. The van der Waals surface area contributed by atoms with E-state index in [1.165, 1.54) is 29.4 Å². The van der Waals surface area contributed by atoms with Crippen molar-refractivity contribution in [2.75, 3.05) is 13.1 Å². The van der Waals surface area contributed by atoms with Crippen molar-refractivity contribution in [3.05, 3.63) is 54.0 Å². The molecule has 0 atom stereocenters. The number of Topliss-reactive ketones (excluding diaryl/α,β-unsaturated/α-hetero) is 1. The van der Waals surface area contributed by atoms with Crippen molar-refractivity contribution in [3.8, 4) is 0 Å². The number of likely N-dealkylation sites (N-methyl/N-ethyl adjacent to an activating group) is 1. The van der Waals surface area contributed by atoms with E-state index in [1.54, 1.807) is 19.1 Å². The van der Waals surface area contributed by atoms with E-state index in [9.17, 15) is 14.0 Å². The molecule has 2 heterocycles. The van der Waals surface area contributed by atoms with E-state index in [-0.39, 0.29) is 11.6 Å². The molecule has 0 saturated heterocycles. The van der Waals surface area contributed by atoms with Gasteiger partial charge in [-0.25, -0.2) is 9.37 Å². The van der Waals surface area contributed by atoms with Crippen LogP contribution in [0.25, 0.3) is 11.0 Å². The van der Waals surface area contributed by atoms with E-state index >= 15 is 0 Å². The second-order valence-corrected chi connectivity index (χ2v) is 5.29. The summed E-state index contributed by atoms with van der Waals surface area (Å²) in [5, 5.41) is 0. The van der Waals surface area contributed by atoms with Gasteiger partial charge in [-0.05, 0) is 37.3 Å². The van der Waals surface area contributed by atoms with E-state index in [2.05, 4.69) is 9.97 Å². The number of benzene rings is 1. The van der Waals surface area contributed by atoms with Gasteiger partial charge in [-0.15, -0.1) is 0 Å². The molecule has 0 aliphatic heterocycles. The molecule has 0 aliphatic carbocycles. The number of H-pyrrole nitrogens is 1. The Hall–Kier alpha value is -2.96. The molecule has 3 aromatic rings. The minimum atomic E-state index is -0.673. The first-order chi connectivity index (χ1) is 11.6. The van der Waals surface area contributed by atoms with Gasteiger partial charge in [0, 0.05) is 19.5 Å². The maximum absolute atomic E-state index is 13.2. The number of aromatic amines is 1. The van der Waals surface area contributed by atoms with Crippen LogP contribution in [0, 0.1) is 5.82 Å². The number of hydrogen-bond donors (Lipinski definition) is 1. The normalized spacial score (nSPS) is 10.9. The van der Waals surface area contributed by atoms with Crippen LogP contribution in [-0.2, 0) is 11.2 Å². The van der Waals surface area contributed by atoms with Gasteiger partial charge in [0.1, 0.15) is 11.6 Å². The number of halogens is 1. The molecule has 0 unspecified atom stereocenters. The highest BCUT2D eigenvalue weighted by Gasteiger charge is 2.24. The standard InChI is InChI=1S/C17H16FN3O3/c1-2-21(17(23)16(22)14-4-3-9-24-14)8-7-15-19-12-6-5-11(18)10-13(12)20-15/h3-6,9-10H,2,7-8H2,1H3,(H,19,20). The van der Waals surface area contributed by atoms with Crippen LogP contribution < -0.4 is 0 Å². The summed E-state index contributed by atoms with van der Waals surface area (Å²) in [4.78, 5) is 33.1. The molecule has 124 valence electrons. The molecule has 24 heavy (non-hydrogen) atoms.